The van der Waals surface area contributed by atoms with Gasteiger partial charge in [0.1, 0.15) is 11.9 Å². The number of anilines is 2. The molecule has 168 valence electrons. The monoisotopic (exact) mass is 449 g/mol. The first kappa shape index (κ1) is 24.3. The van der Waals surface area contributed by atoms with Gasteiger partial charge in [-0.2, -0.15) is 0 Å². The molecule has 0 saturated heterocycles. The van der Waals surface area contributed by atoms with E-state index in [1.54, 1.807) is 36.1 Å². The number of amides is 2. The van der Waals surface area contributed by atoms with Crippen LogP contribution in [-0.4, -0.2) is 50.5 Å². The number of nitrogens with one attached hydrogen (secondary N) is 1. The second kappa shape index (κ2) is 10.4. The van der Waals surface area contributed by atoms with Crippen LogP contribution in [0.25, 0.3) is 0 Å². The molecule has 1 N–H and O–H groups in total. The Morgan fingerprint density at radius 1 is 1.00 bits per heavy atom. The molecule has 2 amide bonds. The number of para-hydroxylation sites is 1. The number of benzene rings is 2. The largest absolute Gasteiger partial charge is 0.339 e. The van der Waals surface area contributed by atoms with Crippen molar-refractivity contribution in [2.45, 2.75) is 33.2 Å². The van der Waals surface area contributed by atoms with Crippen LogP contribution in [0.15, 0.2) is 48.5 Å². The van der Waals surface area contributed by atoms with Gasteiger partial charge in [0.2, 0.25) is 15.9 Å². The number of hydrogen-bond donors (Lipinski definition) is 1. The normalized spacial score (nSPS) is 12.2. The first-order valence-electron chi connectivity index (χ1n) is 10.1. The van der Waals surface area contributed by atoms with Crippen molar-refractivity contribution in [3.05, 3.63) is 59.9 Å². The quantitative estimate of drug-likeness (QED) is 0.635. The van der Waals surface area contributed by atoms with Crippen molar-refractivity contribution in [2.75, 3.05) is 29.0 Å². The van der Waals surface area contributed by atoms with Crippen molar-refractivity contribution >= 4 is 33.2 Å². The lowest BCUT2D eigenvalue weighted by molar-refractivity contribution is -0.117. The third kappa shape index (κ3) is 5.81. The molecule has 0 radical (unpaired) electrons. The Hall–Kier alpha value is -2.94. The summed E-state index contributed by atoms with van der Waals surface area (Å²) >= 11 is 0. The minimum Gasteiger partial charge on any atom is -0.339 e. The van der Waals surface area contributed by atoms with Gasteiger partial charge in [0.15, 0.2) is 0 Å². The minimum absolute atomic E-state index is 0.169. The standard InChI is InChI=1S/C22H28FN3O4S/c1-5-20(26(31(4,29)30)17-14-12-16(23)13-15-17)21(27)24-19-11-9-8-10-18(19)22(28)25(6-2)7-3/h8-15,20H,5-7H2,1-4H3,(H,24,27). The van der Waals surface area contributed by atoms with Crippen LogP contribution in [0.2, 0.25) is 0 Å². The smallest absolute Gasteiger partial charge is 0.255 e. The molecule has 31 heavy (non-hydrogen) atoms. The van der Waals surface area contributed by atoms with Gasteiger partial charge in [-0.3, -0.25) is 13.9 Å². The fraction of sp³-hybridized carbons (Fsp3) is 0.364. The Labute approximate surface area is 182 Å². The van der Waals surface area contributed by atoms with Crippen LogP contribution >= 0.6 is 0 Å². The highest BCUT2D eigenvalue weighted by molar-refractivity contribution is 7.92. The summed E-state index contributed by atoms with van der Waals surface area (Å²) in [5.74, 6) is -1.33. The highest BCUT2D eigenvalue weighted by Crippen LogP contribution is 2.25. The van der Waals surface area contributed by atoms with Crippen molar-refractivity contribution in [1.82, 2.24) is 4.90 Å². The molecule has 0 bridgehead atoms. The van der Waals surface area contributed by atoms with Gasteiger partial charge in [-0.15, -0.1) is 0 Å². The summed E-state index contributed by atoms with van der Waals surface area (Å²) in [5, 5.41) is 2.71. The molecule has 0 aromatic heterocycles. The Bertz CT molecular complexity index is 1020. The van der Waals surface area contributed by atoms with E-state index in [9.17, 15) is 22.4 Å². The van der Waals surface area contributed by atoms with Gasteiger partial charge in [-0.05, 0) is 56.7 Å². The lowest BCUT2D eigenvalue weighted by Crippen LogP contribution is -2.47. The van der Waals surface area contributed by atoms with Gasteiger partial charge in [-0.25, -0.2) is 12.8 Å². The van der Waals surface area contributed by atoms with Crippen molar-refractivity contribution in [2.24, 2.45) is 0 Å². The highest BCUT2D eigenvalue weighted by Gasteiger charge is 2.32. The molecule has 0 spiro atoms. The summed E-state index contributed by atoms with van der Waals surface area (Å²) in [6, 6.07) is 10.4. The van der Waals surface area contributed by atoms with Crippen LogP contribution in [0.4, 0.5) is 15.8 Å². The zero-order valence-electron chi connectivity index (χ0n) is 18.1. The molecule has 1 atom stereocenters. The number of halogens is 1. The molecule has 9 heteroatoms. The number of sulfonamides is 1. The van der Waals surface area contributed by atoms with E-state index in [2.05, 4.69) is 5.32 Å². The van der Waals surface area contributed by atoms with Crippen molar-refractivity contribution in [3.8, 4) is 0 Å². The zero-order valence-corrected chi connectivity index (χ0v) is 18.9. The fourth-order valence-corrected chi connectivity index (χ4v) is 4.54. The molecule has 0 saturated carbocycles. The Morgan fingerprint density at radius 2 is 1.58 bits per heavy atom. The van der Waals surface area contributed by atoms with Gasteiger partial charge in [0.05, 0.1) is 23.2 Å². The van der Waals surface area contributed by atoms with Crippen LogP contribution in [0.1, 0.15) is 37.6 Å². The topological polar surface area (TPSA) is 86.8 Å². The van der Waals surface area contributed by atoms with Crippen molar-refractivity contribution in [1.29, 1.82) is 0 Å². The van der Waals surface area contributed by atoms with E-state index in [4.69, 9.17) is 0 Å². The Morgan fingerprint density at radius 3 is 2.10 bits per heavy atom. The van der Waals surface area contributed by atoms with Crippen molar-refractivity contribution in [3.63, 3.8) is 0 Å². The van der Waals surface area contributed by atoms with E-state index >= 15 is 0 Å². The van der Waals surface area contributed by atoms with Crippen LogP contribution < -0.4 is 9.62 Å². The summed E-state index contributed by atoms with van der Waals surface area (Å²) < 4.78 is 39.3. The maximum Gasteiger partial charge on any atom is 0.255 e. The van der Waals surface area contributed by atoms with Gasteiger partial charge >= 0.3 is 0 Å². The maximum atomic E-state index is 13.3. The maximum absolute atomic E-state index is 13.3. The summed E-state index contributed by atoms with van der Waals surface area (Å²) in [6.45, 7) is 6.44. The van der Waals surface area contributed by atoms with E-state index in [0.29, 0.717) is 24.3 Å². The van der Waals surface area contributed by atoms with Crippen molar-refractivity contribution < 1.29 is 22.4 Å². The SMILES string of the molecule is CCC(C(=O)Nc1ccccc1C(=O)N(CC)CC)N(c1ccc(F)cc1)S(C)(=O)=O. The highest BCUT2D eigenvalue weighted by atomic mass is 32.2. The summed E-state index contributed by atoms with van der Waals surface area (Å²) in [5.41, 5.74) is 0.802. The first-order chi connectivity index (χ1) is 14.6. The molecule has 1 unspecified atom stereocenters. The first-order valence-corrected chi connectivity index (χ1v) is 11.9. The van der Waals surface area contributed by atoms with E-state index in [1.165, 1.54) is 12.1 Å². The average molecular weight is 450 g/mol. The molecule has 0 heterocycles. The number of rotatable bonds is 9. The predicted octanol–water partition coefficient (Wildman–Crippen LogP) is 3.49. The molecule has 0 aliphatic carbocycles. The van der Waals surface area contributed by atoms with Crippen LogP contribution in [0, 0.1) is 5.82 Å². The number of hydrogen-bond acceptors (Lipinski definition) is 4. The molecule has 2 aromatic rings. The lowest BCUT2D eigenvalue weighted by atomic mass is 10.1. The zero-order chi connectivity index (χ0) is 23.2. The molecule has 0 aliphatic rings. The number of carbonyl (C=O) groups excluding carboxylic acids is 2. The molecule has 7 nitrogen and oxygen atoms in total. The summed E-state index contributed by atoms with van der Waals surface area (Å²) in [6.07, 6.45) is 1.16. The minimum atomic E-state index is -3.85. The van der Waals surface area contributed by atoms with Gasteiger partial charge in [0, 0.05) is 13.1 Å². The Balaban J connectivity index is 2.40. The predicted molar refractivity (Wildman–Crippen MR) is 120 cm³/mol. The van der Waals surface area contributed by atoms with Gasteiger partial charge in [-0.1, -0.05) is 19.1 Å². The van der Waals surface area contributed by atoms with Crippen LogP contribution in [-0.2, 0) is 14.8 Å². The number of carbonyl (C=O) groups is 2. The summed E-state index contributed by atoms with van der Waals surface area (Å²) in [7, 11) is -3.85. The molecule has 0 fully saturated rings. The average Bonchev–Trinajstić information content (AvgIpc) is 2.73. The van der Waals surface area contributed by atoms with E-state index in [-0.39, 0.29) is 18.0 Å². The second-order valence-electron chi connectivity index (χ2n) is 6.97. The molecule has 2 aromatic carbocycles. The molecular formula is C22H28FN3O4S. The van der Waals surface area contributed by atoms with E-state index < -0.39 is 27.8 Å². The summed E-state index contributed by atoms with van der Waals surface area (Å²) in [4.78, 5) is 27.6. The molecular weight excluding hydrogens is 421 g/mol. The van der Waals surface area contributed by atoms with E-state index in [0.717, 1.165) is 22.7 Å². The third-order valence-electron chi connectivity index (χ3n) is 4.88. The molecule has 2 rings (SSSR count). The lowest BCUT2D eigenvalue weighted by Gasteiger charge is -2.30. The molecule has 0 aliphatic heterocycles. The van der Waals surface area contributed by atoms with Crippen LogP contribution in [0.3, 0.4) is 0 Å². The van der Waals surface area contributed by atoms with Gasteiger partial charge in [0.25, 0.3) is 5.91 Å². The van der Waals surface area contributed by atoms with E-state index in [1.807, 2.05) is 13.8 Å². The van der Waals surface area contributed by atoms with Crippen LogP contribution in [0.5, 0.6) is 0 Å². The fourth-order valence-electron chi connectivity index (χ4n) is 3.32. The Kier molecular flexibility index (Phi) is 8.15. The number of nitrogens with zero attached hydrogens (tertiary/aromatic N) is 2. The third-order valence-corrected chi connectivity index (χ3v) is 6.06. The second-order valence-corrected chi connectivity index (χ2v) is 8.83. The van der Waals surface area contributed by atoms with Gasteiger partial charge < -0.3 is 10.2 Å².